The first-order chi connectivity index (χ1) is 7.74. The molecule has 85 valence electrons. The molecule has 16 heavy (non-hydrogen) atoms. The molecule has 0 fully saturated rings. The maximum absolute atomic E-state index is 11.4. The van der Waals surface area contributed by atoms with Crippen molar-refractivity contribution in [1.29, 1.82) is 0 Å². The van der Waals surface area contributed by atoms with Gasteiger partial charge in [0.2, 0.25) is 0 Å². The van der Waals surface area contributed by atoms with Crippen LogP contribution in [0.2, 0.25) is 0 Å². The van der Waals surface area contributed by atoms with Crippen LogP contribution in [0.15, 0.2) is 36.5 Å². The molecule has 0 saturated heterocycles. The van der Waals surface area contributed by atoms with E-state index in [2.05, 4.69) is 6.92 Å². The fraction of sp³-hybridized carbons (Fsp3) is 0.231. The molecule has 3 heteroatoms. The second-order valence-corrected chi connectivity index (χ2v) is 3.28. The van der Waals surface area contributed by atoms with Gasteiger partial charge in [-0.05, 0) is 18.6 Å². The van der Waals surface area contributed by atoms with Crippen LogP contribution in [0.25, 0.3) is 6.08 Å². The van der Waals surface area contributed by atoms with E-state index in [-0.39, 0.29) is 12.5 Å². The first kappa shape index (κ1) is 12.5. The van der Waals surface area contributed by atoms with Crippen molar-refractivity contribution in [3.63, 3.8) is 0 Å². The summed E-state index contributed by atoms with van der Waals surface area (Å²) in [5, 5.41) is 0. The number of rotatable bonds is 5. The first-order valence-corrected chi connectivity index (χ1v) is 5.10. The molecule has 1 rings (SSSR count). The largest absolute Gasteiger partial charge is 0.372 e. The molecule has 1 aromatic carbocycles. The third-order valence-corrected chi connectivity index (χ3v) is 2.05. The number of benzene rings is 1. The normalized spacial score (nSPS) is 10.6. The van der Waals surface area contributed by atoms with Gasteiger partial charge in [0.25, 0.3) is 5.91 Å². The molecule has 0 aliphatic heterocycles. The number of likely N-dealkylation sites (N-methyl/N-ethyl adjacent to an activating group) is 1. The van der Waals surface area contributed by atoms with Crippen LogP contribution < -0.4 is 0 Å². The number of nitrogens with zero attached hydrogens (tertiary/aromatic N) is 1. The molecule has 1 radical (unpaired) electrons. The quantitative estimate of drug-likeness (QED) is 0.756. The lowest BCUT2D eigenvalue weighted by molar-refractivity contribution is -0.131. The van der Waals surface area contributed by atoms with Crippen molar-refractivity contribution in [2.24, 2.45) is 0 Å². The Labute approximate surface area is 96.3 Å². The Bertz CT molecular complexity index is 346. The average molecular weight is 218 g/mol. The number of ether oxygens (including phenoxy) is 1. The molecule has 3 nitrogen and oxygen atoms in total. The fourth-order valence-corrected chi connectivity index (χ4v) is 1.11. The average Bonchev–Trinajstić information content (AvgIpc) is 2.34. The third kappa shape index (κ3) is 4.28. The molecule has 1 amide bonds. The van der Waals surface area contributed by atoms with Gasteiger partial charge >= 0.3 is 0 Å². The van der Waals surface area contributed by atoms with Crippen LogP contribution in [0.3, 0.4) is 0 Å². The molecular weight excluding hydrogens is 202 g/mol. The molecule has 0 aromatic heterocycles. The number of amides is 1. The van der Waals surface area contributed by atoms with Gasteiger partial charge in [-0.2, -0.15) is 0 Å². The lowest BCUT2D eigenvalue weighted by Crippen LogP contribution is -2.25. The van der Waals surface area contributed by atoms with Crippen molar-refractivity contribution < 1.29 is 9.53 Å². The SMILES string of the molecule is [CH2]COCC(=O)N(C)C=Cc1ccccc1. The summed E-state index contributed by atoms with van der Waals surface area (Å²) >= 11 is 0. The Morgan fingerprint density at radius 2 is 2.12 bits per heavy atom. The van der Waals surface area contributed by atoms with Gasteiger partial charge in [0.05, 0.1) is 0 Å². The summed E-state index contributed by atoms with van der Waals surface area (Å²) in [6, 6.07) is 9.80. The van der Waals surface area contributed by atoms with E-state index in [4.69, 9.17) is 4.74 Å². The maximum Gasteiger partial charge on any atom is 0.252 e. The van der Waals surface area contributed by atoms with Crippen molar-refractivity contribution in [1.82, 2.24) is 4.90 Å². The Kier molecular flexibility index (Phi) is 5.29. The molecule has 0 saturated carbocycles. The highest BCUT2D eigenvalue weighted by Crippen LogP contribution is 2.01. The van der Waals surface area contributed by atoms with Gasteiger partial charge in [0.15, 0.2) is 0 Å². The highest BCUT2D eigenvalue weighted by molar-refractivity contribution is 5.78. The van der Waals surface area contributed by atoms with Crippen LogP contribution in [-0.2, 0) is 9.53 Å². The van der Waals surface area contributed by atoms with Crippen LogP contribution in [-0.4, -0.2) is 31.1 Å². The molecule has 0 unspecified atom stereocenters. The molecule has 0 N–H and O–H groups in total. The summed E-state index contributed by atoms with van der Waals surface area (Å²) in [7, 11) is 1.70. The van der Waals surface area contributed by atoms with E-state index in [9.17, 15) is 4.79 Å². The summed E-state index contributed by atoms with van der Waals surface area (Å²) in [4.78, 5) is 12.9. The van der Waals surface area contributed by atoms with Gasteiger partial charge in [0, 0.05) is 19.9 Å². The topological polar surface area (TPSA) is 29.5 Å². The molecule has 0 aliphatic carbocycles. The summed E-state index contributed by atoms with van der Waals surface area (Å²) in [5.74, 6) is -0.0872. The minimum absolute atomic E-state index is 0.0686. The summed E-state index contributed by atoms with van der Waals surface area (Å²) < 4.78 is 4.93. The van der Waals surface area contributed by atoms with E-state index < -0.39 is 0 Å². The standard InChI is InChI=1S/C13H16NO2/c1-3-16-11-13(15)14(2)10-9-12-7-5-4-6-8-12/h4-10H,1,3,11H2,2H3. The minimum atomic E-state index is -0.0872. The molecule has 0 heterocycles. The van der Waals surface area contributed by atoms with Gasteiger partial charge < -0.3 is 9.64 Å². The number of carbonyl (C=O) groups is 1. The van der Waals surface area contributed by atoms with E-state index >= 15 is 0 Å². The van der Waals surface area contributed by atoms with E-state index in [1.807, 2.05) is 36.4 Å². The zero-order chi connectivity index (χ0) is 11.8. The molecule has 0 spiro atoms. The number of hydrogen-bond donors (Lipinski definition) is 0. The zero-order valence-electron chi connectivity index (χ0n) is 9.43. The van der Waals surface area contributed by atoms with Crippen LogP contribution in [0.4, 0.5) is 0 Å². The molecule has 0 bridgehead atoms. The lowest BCUT2D eigenvalue weighted by Gasteiger charge is -2.11. The lowest BCUT2D eigenvalue weighted by atomic mass is 10.2. The van der Waals surface area contributed by atoms with Crippen molar-refractivity contribution in [3.8, 4) is 0 Å². The third-order valence-electron chi connectivity index (χ3n) is 2.05. The van der Waals surface area contributed by atoms with Crippen LogP contribution in [0.1, 0.15) is 5.56 Å². The summed E-state index contributed by atoms with van der Waals surface area (Å²) in [5.41, 5.74) is 1.06. The molecule has 0 aliphatic rings. The fourth-order valence-electron chi connectivity index (χ4n) is 1.11. The van der Waals surface area contributed by atoms with Crippen molar-refractivity contribution >= 4 is 12.0 Å². The maximum atomic E-state index is 11.4. The first-order valence-electron chi connectivity index (χ1n) is 5.10. The molecule has 0 atom stereocenters. The summed E-state index contributed by atoms with van der Waals surface area (Å²) in [6.07, 6.45) is 3.60. The van der Waals surface area contributed by atoms with Gasteiger partial charge in [0.1, 0.15) is 6.61 Å². The van der Waals surface area contributed by atoms with Gasteiger partial charge in [-0.25, -0.2) is 0 Å². The molecule has 1 aromatic rings. The van der Waals surface area contributed by atoms with Crippen LogP contribution in [0, 0.1) is 6.92 Å². The van der Waals surface area contributed by atoms with E-state index in [1.165, 1.54) is 4.90 Å². The second-order valence-electron chi connectivity index (χ2n) is 3.28. The minimum Gasteiger partial charge on any atom is -0.372 e. The van der Waals surface area contributed by atoms with Crippen LogP contribution in [0.5, 0.6) is 0 Å². The Balaban J connectivity index is 2.47. The van der Waals surface area contributed by atoms with Crippen molar-refractivity contribution in [2.75, 3.05) is 20.3 Å². The highest BCUT2D eigenvalue weighted by atomic mass is 16.5. The monoisotopic (exact) mass is 218 g/mol. The predicted molar refractivity (Wildman–Crippen MR) is 64.4 cm³/mol. The predicted octanol–water partition coefficient (Wildman–Crippen LogP) is 1.97. The van der Waals surface area contributed by atoms with Gasteiger partial charge in [-0.15, -0.1) is 0 Å². The van der Waals surface area contributed by atoms with Gasteiger partial charge in [-0.1, -0.05) is 30.3 Å². The van der Waals surface area contributed by atoms with Crippen LogP contribution >= 0.6 is 0 Å². The van der Waals surface area contributed by atoms with Crippen molar-refractivity contribution in [2.45, 2.75) is 0 Å². The Hall–Kier alpha value is -1.61. The highest BCUT2D eigenvalue weighted by Gasteiger charge is 2.04. The Morgan fingerprint density at radius 3 is 2.75 bits per heavy atom. The number of carbonyl (C=O) groups excluding carboxylic acids is 1. The van der Waals surface area contributed by atoms with Gasteiger partial charge in [-0.3, -0.25) is 4.79 Å². The van der Waals surface area contributed by atoms with E-state index in [0.717, 1.165) is 5.56 Å². The van der Waals surface area contributed by atoms with Crippen molar-refractivity contribution in [3.05, 3.63) is 49.0 Å². The van der Waals surface area contributed by atoms with E-state index in [0.29, 0.717) is 6.61 Å². The number of hydrogen-bond acceptors (Lipinski definition) is 2. The zero-order valence-corrected chi connectivity index (χ0v) is 9.43. The molecular formula is C13H16NO2. The summed E-state index contributed by atoms with van der Waals surface area (Å²) in [6.45, 7) is 3.88. The Morgan fingerprint density at radius 1 is 1.44 bits per heavy atom. The second kappa shape index (κ2) is 6.80. The smallest absolute Gasteiger partial charge is 0.252 e. The van der Waals surface area contributed by atoms with E-state index in [1.54, 1.807) is 13.2 Å².